The van der Waals surface area contributed by atoms with Crippen LogP contribution in [0.15, 0.2) is 41.1 Å². The fourth-order valence-corrected chi connectivity index (χ4v) is 1.81. The van der Waals surface area contributed by atoms with Crippen molar-refractivity contribution in [1.82, 2.24) is 4.98 Å². The van der Waals surface area contributed by atoms with Crippen LogP contribution in [0, 0.1) is 5.82 Å². The van der Waals surface area contributed by atoms with Gasteiger partial charge < -0.3 is 10.4 Å². The Kier molecular flexibility index (Phi) is 4.28. The van der Waals surface area contributed by atoms with Gasteiger partial charge in [-0.25, -0.2) is 4.39 Å². The van der Waals surface area contributed by atoms with Gasteiger partial charge in [0.25, 0.3) is 0 Å². The van der Waals surface area contributed by atoms with E-state index in [0.717, 1.165) is 16.8 Å². The Morgan fingerprint density at radius 3 is 2.89 bits per heavy atom. The summed E-state index contributed by atoms with van der Waals surface area (Å²) >= 11 is 3.11. The second-order valence-corrected chi connectivity index (χ2v) is 4.65. The molecule has 1 aromatic heterocycles. The third kappa shape index (κ3) is 3.05. The highest BCUT2D eigenvalue weighted by Crippen LogP contribution is 2.18. The number of aliphatic hydroxyl groups excluding tert-OH is 1. The number of hydrogen-bond acceptors (Lipinski definition) is 3. The lowest BCUT2D eigenvalue weighted by Gasteiger charge is -2.10. The molecule has 0 radical (unpaired) electrons. The Morgan fingerprint density at radius 1 is 1.33 bits per heavy atom. The highest BCUT2D eigenvalue weighted by Gasteiger charge is 2.03. The second kappa shape index (κ2) is 5.93. The van der Waals surface area contributed by atoms with Crippen LogP contribution in [-0.4, -0.2) is 10.1 Å². The fourth-order valence-electron chi connectivity index (χ4n) is 1.57. The summed E-state index contributed by atoms with van der Waals surface area (Å²) < 4.78 is 13.8. The molecule has 0 aliphatic heterocycles. The number of halogens is 2. The van der Waals surface area contributed by atoms with Crippen LogP contribution >= 0.6 is 15.9 Å². The monoisotopic (exact) mass is 310 g/mol. The predicted molar refractivity (Wildman–Crippen MR) is 71.6 cm³/mol. The zero-order valence-electron chi connectivity index (χ0n) is 9.53. The minimum absolute atomic E-state index is 0.0560. The maximum Gasteiger partial charge on any atom is 0.137 e. The molecule has 0 amide bonds. The van der Waals surface area contributed by atoms with Gasteiger partial charge in [-0.15, -0.1) is 0 Å². The standard InChI is InChI=1S/C13H12BrFN2O/c14-11-2-1-9(5-12(11)15)6-17-13-7-16-4-3-10(13)8-18/h1-5,7,17-18H,6,8H2. The van der Waals surface area contributed by atoms with Crippen molar-refractivity contribution in [2.75, 3.05) is 5.32 Å². The van der Waals surface area contributed by atoms with Crippen LogP contribution in [0.25, 0.3) is 0 Å². The molecular weight excluding hydrogens is 299 g/mol. The summed E-state index contributed by atoms with van der Waals surface area (Å²) in [5, 5.41) is 12.3. The Labute approximate surface area is 113 Å². The Balaban J connectivity index is 2.09. The molecule has 3 nitrogen and oxygen atoms in total. The number of nitrogens with one attached hydrogen (secondary N) is 1. The first-order chi connectivity index (χ1) is 8.70. The summed E-state index contributed by atoms with van der Waals surface area (Å²) in [6, 6.07) is 6.70. The largest absolute Gasteiger partial charge is 0.392 e. The van der Waals surface area contributed by atoms with Crippen LogP contribution in [0.2, 0.25) is 0 Å². The average Bonchev–Trinajstić information content (AvgIpc) is 2.40. The summed E-state index contributed by atoms with van der Waals surface area (Å²) in [5.74, 6) is -0.289. The van der Waals surface area contributed by atoms with Crippen molar-refractivity contribution in [2.45, 2.75) is 13.2 Å². The number of rotatable bonds is 4. The van der Waals surface area contributed by atoms with Crippen LogP contribution < -0.4 is 5.32 Å². The first-order valence-corrected chi connectivity index (χ1v) is 6.21. The molecule has 0 fully saturated rings. The Morgan fingerprint density at radius 2 is 2.17 bits per heavy atom. The molecule has 0 bridgehead atoms. The summed E-state index contributed by atoms with van der Waals surface area (Å²) in [6.45, 7) is 0.419. The maximum absolute atomic E-state index is 13.3. The van der Waals surface area contributed by atoms with Gasteiger partial charge in [0.1, 0.15) is 5.82 Å². The van der Waals surface area contributed by atoms with E-state index in [1.807, 2.05) is 6.07 Å². The number of pyridine rings is 1. The third-order valence-corrected chi connectivity index (χ3v) is 3.19. The van der Waals surface area contributed by atoms with E-state index in [4.69, 9.17) is 5.11 Å². The minimum Gasteiger partial charge on any atom is -0.392 e. The van der Waals surface area contributed by atoms with Gasteiger partial charge in [0.2, 0.25) is 0 Å². The van der Waals surface area contributed by atoms with Gasteiger partial charge in [-0.1, -0.05) is 6.07 Å². The third-order valence-electron chi connectivity index (χ3n) is 2.55. The van der Waals surface area contributed by atoms with E-state index in [1.165, 1.54) is 6.07 Å². The van der Waals surface area contributed by atoms with Crippen molar-refractivity contribution in [3.8, 4) is 0 Å². The van der Waals surface area contributed by atoms with Crippen LogP contribution in [-0.2, 0) is 13.2 Å². The summed E-state index contributed by atoms with van der Waals surface area (Å²) in [4.78, 5) is 3.98. The van der Waals surface area contributed by atoms with Gasteiger partial charge >= 0.3 is 0 Å². The number of aliphatic hydroxyl groups is 1. The van der Waals surface area contributed by atoms with E-state index in [2.05, 4.69) is 26.2 Å². The molecule has 18 heavy (non-hydrogen) atoms. The van der Waals surface area contributed by atoms with E-state index >= 15 is 0 Å². The molecule has 0 aliphatic carbocycles. The van der Waals surface area contributed by atoms with Gasteiger partial charge in [-0.3, -0.25) is 4.98 Å². The number of hydrogen-bond donors (Lipinski definition) is 2. The van der Waals surface area contributed by atoms with Crippen molar-refractivity contribution in [3.05, 3.63) is 58.1 Å². The quantitative estimate of drug-likeness (QED) is 0.912. The maximum atomic E-state index is 13.3. The second-order valence-electron chi connectivity index (χ2n) is 3.79. The molecule has 1 heterocycles. The van der Waals surface area contributed by atoms with Crippen LogP contribution in [0.3, 0.4) is 0 Å². The molecule has 0 saturated heterocycles. The minimum atomic E-state index is -0.289. The van der Waals surface area contributed by atoms with Gasteiger partial charge in [0.05, 0.1) is 23.0 Å². The van der Waals surface area contributed by atoms with E-state index < -0.39 is 0 Å². The molecule has 0 saturated carbocycles. The molecule has 1 aromatic carbocycles. The summed E-state index contributed by atoms with van der Waals surface area (Å²) in [5.41, 5.74) is 2.34. The highest BCUT2D eigenvalue weighted by atomic mass is 79.9. The number of anilines is 1. The molecule has 0 aliphatic rings. The van der Waals surface area contributed by atoms with Gasteiger partial charge in [-0.2, -0.15) is 0 Å². The normalized spacial score (nSPS) is 10.4. The van der Waals surface area contributed by atoms with Crippen molar-refractivity contribution >= 4 is 21.6 Å². The highest BCUT2D eigenvalue weighted by molar-refractivity contribution is 9.10. The Hall–Kier alpha value is -1.46. The van der Waals surface area contributed by atoms with E-state index in [-0.39, 0.29) is 12.4 Å². The molecule has 5 heteroatoms. The van der Waals surface area contributed by atoms with E-state index in [1.54, 1.807) is 24.5 Å². The summed E-state index contributed by atoms with van der Waals surface area (Å²) in [7, 11) is 0. The number of benzene rings is 1. The van der Waals surface area contributed by atoms with E-state index in [9.17, 15) is 4.39 Å². The fraction of sp³-hybridized carbons (Fsp3) is 0.154. The molecule has 0 spiro atoms. The molecular formula is C13H12BrFN2O. The number of nitrogens with zero attached hydrogens (tertiary/aromatic N) is 1. The molecule has 2 rings (SSSR count). The van der Waals surface area contributed by atoms with E-state index in [0.29, 0.717) is 11.0 Å². The zero-order valence-corrected chi connectivity index (χ0v) is 11.1. The SMILES string of the molecule is OCc1ccncc1NCc1ccc(Br)c(F)c1. The summed E-state index contributed by atoms with van der Waals surface area (Å²) in [6.07, 6.45) is 3.26. The van der Waals surface area contributed by atoms with Crippen molar-refractivity contribution in [3.63, 3.8) is 0 Å². The topological polar surface area (TPSA) is 45.2 Å². The van der Waals surface area contributed by atoms with Gasteiger partial charge in [0, 0.05) is 18.3 Å². The van der Waals surface area contributed by atoms with Crippen LogP contribution in [0.4, 0.5) is 10.1 Å². The molecule has 2 N–H and O–H groups in total. The first-order valence-electron chi connectivity index (χ1n) is 5.42. The lowest BCUT2D eigenvalue weighted by Crippen LogP contribution is -2.03. The van der Waals surface area contributed by atoms with Crippen molar-refractivity contribution in [2.24, 2.45) is 0 Å². The average molecular weight is 311 g/mol. The molecule has 2 aromatic rings. The van der Waals surface area contributed by atoms with Crippen molar-refractivity contribution < 1.29 is 9.50 Å². The first kappa shape index (κ1) is 13.0. The van der Waals surface area contributed by atoms with Crippen LogP contribution in [0.5, 0.6) is 0 Å². The lowest BCUT2D eigenvalue weighted by molar-refractivity contribution is 0.282. The van der Waals surface area contributed by atoms with Gasteiger partial charge in [-0.05, 0) is 39.7 Å². The molecule has 0 unspecified atom stereocenters. The lowest BCUT2D eigenvalue weighted by atomic mass is 10.2. The predicted octanol–water partition coefficient (Wildman–Crippen LogP) is 3.09. The van der Waals surface area contributed by atoms with Gasteiger partial charge in [0.15, 0.2) is 0 Å². The molecule has 94 valence electrons. The number of aromatic nitrogens is 1. The van der Waals surface area contributed by atoms with Crippen molar-refractivity contribution in [1.29, 1.82) is 0 Å². The van der Waals surface area contributed by atoms with Crippen LogP contribution in [0.1, 0.15) is 11.1 Å². The molecule has 0 atom stereocenters. The Bertz CT molecular complexity index is 548. The zero-order chi connectivity index (χ0) is 13.0. The smallest absolute Gasteiger partial charge is 0.137 e.